The van der Waals surface area contributed by atoms with Gasteiger partial charge in [-0.3, -0.25) is 19.2 Å². The number of hydrogen-bond acceptors (Lipinski definition) is 14. The summed E-state index contributed by atoms with van der Waals surface area (Å²) in [6.45, 7) is 24.8. The Hall–Kier alpha value is -3.83. The van der Waals surface area contributed by atoms with E-state index in [1.54, 1.807) is 14.0 Å². The van der Waals surface area contributed by atoms with Gasteiger partial charge in [0.2, 0.25) is 5.79 Å². The van der Waals surface area contributed by atoms with E-state index in [1.807, 2.05) is 71.9 Å². The minimum atomic E-state index is -2.44. The number of nitrogens with zero attached hydrogens (tertiary/aromatic N) is 1. The summed E-state index contributed by atoms with van der Waals surface area (Å²) < 4.78 is 36.7. The van der Waals surface area contributed by atoms with Gasteiger partial charge in [-0.1, -0.05) is 90.2 Å². The number of hydrogen-bond donors (Lipinski definition) is 3. The zero-order valence-corrected chi connectivity index (χ0v) is 47.7. The number of carbonyl (C=O) groups is 5. The van der Waals surface area contributed by atoms with Crippen LogP contribution in [0.4, 0.5) is 0 Å². The van der Waals surface area contributed by atoms with Crippen LogP contribution in [0.2, 0.25) is 0 Å². The number of aliphatic hydroxyl groups excluding tert-OH is 2. The van der Waals surface area contributed by atoms with Gasteiger partial charge in [-0.2, -0.15) is 0 Å². The first kappa shape index (κ1) is 63.7. The Bertz CT molecular complexity index is 2060. The first-order valence-electron chi connectivity index (χ1n) is 27.9. The molecule has 15 nitrogen and oxygen atoms in total. The molecule has 75 heavy (non-hydrogen) atoms. The largest absolute Gasteiger partial charge is 0.460 e. The van der Waals surface area contributed by atoms with Crippen LogP contribution in [0.5, 0.6) is 0 Å². The molecule has 1 aliphatic carbocycles. The summed E-state index contributed by atoms with van der Waals surface area (Å²) in [7, 11) is 3.14. The molecule has 1 amide bonds. The van der Waals surface area contributed by atoms with Gasteiger partial charge in [0.25, 0.3) is 11.7 Å². The maximum Gasteiger partial charge on any atom is 0.329 e. The van der Waals surface area contributed by atoms with Crippen LogP contribution in [0.3, 0.4) is 0 Å². The summed E-state index contributed by atoms with van der Waals surface area (Å²) in [6, 6.07) is -1.15. The molecule has 4 rings (SSSR count). The van der Waals surface area contributed by atoms with Crippen LogP contribution in [0.15, 0.2) is 59.8 Å². The summed E-state index contributed by atoms with van der Waals surface area (Å²) in [5, 5.41) is 31.7. The van der Waals surface area contributed by atoms with Gasteiger partial charge < -0.3 is 48.6 Å². The second kappa shape index (κ2) is 29.2. The minimum Gasteiger partial charge on any atom is -0.460 e. The standard InChI is InChI=1S/C60H95NO14/c1-36(2)72-54-42(8)29-40(6)49(64)33-52(41(7)30-46-24-26-50(53(31-46)71-14)74-58(68)59(12,34-62)35-63)73-57(67)48-22-18-19-27-61(48)56(66)55(65)60(69)43(9)23-25-47(75-60)32-51(70-13)38(4)21-17-15-16-20-37(3)28-39(5)44(10)45(54)11/h15-17,20-21,29,36-37,39-41,43,45-48,50-54,62-63,69H,10,18-19,22-28,30-35H2,1-9,11-14H3/b17-15+,20-16+,38-21+,42-29+/t37-,39-,40-,41-,43-,45+,46+,47+,48+,50-,51+,52+,53-,54-,60-/m1/s1. The lowest BCUT2D eigenvalue weighted by Gasteiger charge is -2.42. The van der Waals surface area contributed by atoms with Crippen molar-refractivity contribution in [3.8, 4) is 0 Å². The fourth-order valence-electron chi connectivity index (χ4n) is 11.4. The molecule has 0 aromatic carbocycles. The number of Topliss-reactive ketones (excluding diaryl/α,β-unsaturated/α-hetero) is 2. The SMILES string of the molecule is C=C1[C@H](C)C[C@H](C)/C=C/C=C/C=C(\C)[C@@H](OC)C[C@@H]2CC[C@@H](C)[C@@](O)(O2)C(=O)C(=O)N2CCCC[C@H]2C(=O)O[C@H]([C@H](C)C[C@@H]2CC[C@@H](OC(=O)C(C)(CO)CO)[C@H](OC)C2)CC(=O)[C@H](C)/C=C(\C)[C@@H](OC(C)C)[C@H]1C. The first-order chi connectivity index (χ1) is 35.3. The third kappa shape index (κ3) is 17.1. The molecule has 3 fully saturated rings. The number of amides is 1. The average Bonchev–Trinajstić information content (AvgIpc) is 3.38. The van der Waals surface area contributed by atoms with Crippen LogP contribution in [-0.2, 0) is 52.4 Å². The third-order valence-electron chi connectivity index (χ3n) is 16.7. The van der Waals surface area contributed by atoms with Crippen molar-refractivity contribution in [2.45, 2.75) is 208 Å². The highest BCUT2D eigenvalue weighted by molar-refractivity contribution is 6.39. The van der Waals surface area contributed by atoms with E-state index >= 15 is 0 Å². The smallest absolute Gasteiger partial charge is 0.329 e. The number of rotatable bonds is 11. The van der Waals surface area contributed by atoms with E-state index in [0.29, 0.717) is 57.8 Å². The van der Waals surface area contributed by atoms with E-state index in [4.69, 9.17) is 28.4 Å². The number of ketones is 2. The van der Waals surface area contributed by atoms with Gasteiger partial charge in [0.05, 0.1) is 43.7 Å². The molecule has 0 spiro atoms. The van der Waals surface area contributed by atoms with Gasteiger partial charge in [0, 0.05) is 51.4 Å². The number of piperidine rings is 1. The summed E-state index contributed by atoms with van der Waals surface area (Å²) in [5.74, 6) is -7.55. The molecule has 0 radical (unpaired) electrons. The highest BCUT2D eigenvalue weighted by Crippen LogP contribution is 2.39. The fourth-order valence-corrected chi connectivity index (χ4v) is 11.4. The van der Waals surface area contributed by atoms with Crippen LogP contribution < -0.4 is 0 Å². The van der Waals surface area contributed by atoms with Crippen molar-refractivity contribution in [1.29, 1.82) is 0 Å². The van der Waals surface area contributed by atoms with E-state index < -0.39 is 96.4 Å². The van der Waals surface area contributed by atoms with Gasteiger partial charge in [0.1, 0.15) is 29.4 Å². The van der Waals surface area contributed by atoms with Crippen LogP contribution in [0.25, 0.3) is 0 Å². The molecule has 3 N–H and O–H groups in total. The maximum atomic E-state index is 14.7. The Morgan fingerprint density at radius 3 is 2.21 bits per heavy atom. The molecule has 424 valence electrons. The molecule has 0 aromatic heterocycles. The predicted octanol–water partition coefficient (Wildman–Crippen LogP) is 8.76. The van der Waals surface area contributed by atoms with Gasteiger partial charge in [-0.25, -0.2) is 4.79 Å². The van der Waals surface area contributed by atoms with E-state index in [1.165, 1.54) is 18.9 Å². The Morgan fingerprint density at radius 1 is 0.880 bits per heavy atom. The van der Waals surface area contributed by atoms with Gasteiger partial charge in [-0.05, 0) is 134 Å². The van der Waals surface area contributed by atoms with Crippen LogP contribution >= 0.6 is 0 Å². The van der Waals surface area contributed by atoms with Crippen molar-refractivity contribution < 1.29 is 67.7 Å². The van der Waals surface area contributed by atoms with E-state index in [2.05, 4.69) is 33.4 Å². The Labute approximate surface area is 448 Å². The second-order valence-electron chi connectivity index (χ2n) is 23.3. The predicted molar refractivity (Wildman–Crippen MR) is 288 cm³/mol. The molecular formula is C60H95NO14. The lowest BCUT2D eigenvalue weighted by Crippen LogP contribution is -2.61. The molecule has 15 heteroatoms. The van der Waals surface area contributed by atoms with E-state index in [9.17, 15) is 39.3 Å². The molecule has 1 saturated carbocycles. The van der Waals surface area contributed by atoms with E-state index in [0.717, 1.165) is 23.1 Å². The number of allylic oxidation sites excluding steroid dienone is 6. The van der Waals surface area contributed by atoms with Crippen molar-refractivity contribution in [3.63, 3.8) is 0 Å². The number of cyclic esters (lactones) is 1. The number of ether oxygens (including phenoxy) is 6. The molecule has 0 aromatic rings. The third-order valence-corrected chi connectivity index (χ3v) is 16.7. The number of carbonyl (C=O) groups excluding carboxylic acids is 5. The number of aliphatic hydroxyl groups is 3. The second-order valence-corrected chi connectivity index (χ2v) is 23.3. The van der Waals surface area contributed by atoms with Crippen LogP contribution in [-0.4, -0.2) is 138 Å². The van der Waals surface area contributed by atoms with Crippen molar-refractivity contribution >= 4 is 29.4 Å². The fraction of sp³-hybridized carbons (Fsp3) is 0.750. The first-order valence-corrected chi connectivity index (χ1v) is 27.9. The maximum absolute atomic E-state index is 14.7. The molecule has 15 atom stereocenters. The highest BCUT2D eigenvalue weighted by Gasteiger charge is 2.53. The van der Waals surface area contributed by atoms with Crippen molar-refractivity contribution in [3.05, 3.63) is 59.8 Å². The molecule has 4 aliphatic rings. The van der Waals surface area contributed by atoms with Crippen LogP contribution in [0, 0.1) is 46.8 Å². The Morgan fingerprint density at radius 2 is 1.57 bits per heavy atom. The Balaban J connectivity index is 1.72. The van der Waals surface area contributed by atoms with Crippen LogP contribution in [0.1, 0.15) is 153 Å². The minimum absolute atomic E-state index is 0.0123. The Kier molecular flexibility index (Phi) is 24.8. The monoisotopic (exact) mass is 1050 g/mol. The highest BCUT2D eigenvalue weighted by atomic mass is 16.6. The van der Waals surface area contributed by atoms with Gasteiger partial charge in [-0.15, -0.1) is 0 Å². The van der Waals surface area contributed by atoms with E-state index in [-0.39, 0.29) is 67.0 Å². The molecular weight excluding hydrogens is 959 g/mol. The van der Waals surface area contributed by atoms with Gasteiger partial charge in [0.15, 0.2) is 0 Å². The van der Waals surface area contributed by atoms with Crippen molar-refractivity contribution in [2.24, 2.45) is 46.8 Å². The average molecular weight is 1050 g/mol. The lowest BCUT2D eigenvalue weighted by atomic mass is 9.78. The number of esters is 2. The lowest BCUT2D eigenvalue weighted by molar-refractivity contribution is -0.265. The van der Waals surface area contributed by atoms with Crippen molar-refractivity contribution in [1.82, 2.24) is 4.90 Å². The molecule has 0 unspecified atom stereocenters. The normalized spacial score (nSPS) is 36.8. The summed E-state index contributed by atoms with van der Waals surface area (Å²) in [5.41, 5.74) is 1.40. The van der Waals surface area contributed by atoms with Gasteiger partial charge >= 0.3 is 11.9 Å². The summed E-state index contributed by atoms with van der Waals surface area (Å²) in [4.78, 5) is 72.3. The topological polar surface area (TPSA) is 205 Å². The molecule has 2 saturated heterocycles. The summed E-state index contributed by atoms with van der Waals surface area (Å²) >= 11 is 0. The number of methoxy groups -OCH3 is 2. The van der Waals surface area contributed by atoms with Crippen molar-refractivity contribution in [2.75, 3.05) is 34.0 Å². The summed E-state index contributed by atoms with van der Waals surface area (Å²) in [6.07, 6.45) is 14.0. The zero-order chi connectivity index (χ0) is 55.9. The number of fused-ring (bicyclic) bond motifs is 3. The quantitative estimate of drug-likeness (QED) is 0.101. The zero-order valence-electron chi connectivity index (χ0n) is 47.7. The molecule has 2 bridgehead atoms. The molecule has 3 aliphatic heterocycles. The molecule has 3 heterocycles.